The van der Waals surface area contributed by atoms with Crippen molar-refractivity contribution in [3.8, 4) is 11.5 Å². The maximum Gasteiger partial charge on any atom is 0.165 e. The second-order valence-corrected chi connectivity index (χ2v) is 4.05. The fourth-order valence-corrected chi connectivity index (χ4v) is 1.66. The minimum atomic E-state index is 0.213. The van der Waals surface area contributed by atoms with Gasteiger partial charge in [-0.2, -0.15) is 0 Å². The van der Waals surface area contributed by atoms with Crippen LogP contribution < -0.4 is 14.8 Å². The molecule has 4 heteroatoms. The lowest BCUT2D eigenvalue weighted by Crippen LogP contribution is -2.16. The Morgan fingerprint density at radius 1 is 1.33 bits per heavy atom. The van der Waals surface area contributed by atoms with Crippen LogP contribution in [0.3, 0.4) is 0 Å². The fourth-order valence-electron chi connectivity index (χ4n) is 1.66. The first-order valence-corrected chi connectivity index (χ1v) is 6.43. The lowest BCUT2D eigenvalue weighted by atomic mass is 10.2. The molecule has 18 heavy (non-hydrogen) atoms. The van der Waals surface area contributed by atoms with Gasteiger partial charge in [-0.15, -0.1) is 0 Å². The van der Waals surface area contributed by atoms with Crippen molar-refractivity contribution in [2.45, 2.75) is 26.3 Å². The Labute approximate surface area is 109 Å². The van der Waals surface area contributed by atoms with Crippen molar-refractivity contribution in [3.63, 3.8) is 0 Å². The highest BCUT2D eigenvalue weighted by molar-refractivity contribution is 5.46. The van der Waals surface area contributed by atoms with Crippen LogP contribution in [0.25, 0.3) is 0 Å². The third-order valence-corrected chi connectivity index (χ3v) is 2.56. The number of para-hydroxylation sites is 1. The average molecular weight is 253 g/mol. The molecule has 0 radical (unpaired) electrons. The molecule has 1 aromatic rings. The predicted molar refractivity (Wildman–Crippen MR) is 72.2 cm³/mol. The SMILES string of the molecule is CCCOc1c(CNCCCO)cccc1OC. The summed E-state index contributed by atoms with van der Waals surface area (Å²) in [6.45, 7) is 4.49. The van der Waals surface area contributed by atoms with Crippen molar-refractivity contribution in [3.05, 3.63) is 23.8 Å². The normalized spacial score (nSPS) is 10.4. The molecule has 0 aromatic heterocycles. The second kappa shape index (κ2) is 8.78. The van der Waals surface area contributed by atoms with Crippen LogP contribution in [-0.4, -0.2) is 32.0 Å². The minimum Gasteiger partial charge on any atom is -0.493 e. The molecule has 1 rings (SSSR count). The first-order valence-electron chi connectivity index (χ1n) is 6.43. The van der Waals surface area contributed by atoms with Gasteiger partial charge in [0.15, 0.2) is 11.5 Å². The van der Waals surface area contributed by atoms with E-state index in [1.807, 2.05) is 18.2 Å². The zero-order valence-electron chi connectivity index (χ0n) is 11.2. The lowest BCUT2D eigenvalue weighted by molar-refractivity contribution is 0.283. The van der Waals surface area contributed by atoms with Gasteiger partial charge < -0.3 is 19.9 Å². The Balaban J connectivity index is 2.68. The highest BCUT2D eigenvalue weighted by Crippen LogP contribution is 2.31. The van der Waals surface area contributed by atoms with E-state index in [0.717, 1.165) is 43.0 Å². The van der Waals surface area contributed by atoms with Gasteiger partial charge in [0, 0.05) is 18.7 Å². The Hall–Kier alpha value is -1.26. The van der Waals surface area contributed by atoms with Gasteiger partial charge in [0.2, 0.25) is 0 Å². The Bertz CT molecular complexity index is 342. The smallest absolute Gasteiger partial charge is 0.165 e. The Kier molecular flexibility index (Phi) is 7.22. The summed E-state index contributed by atoms with van der Waals surface area (Å²) in [5.41, 5.74) is 1.08. The van der Waals surface area contributed by atoms with E-state index >= 15 is 0 Å². The number of nitrogens with one attached hydrogen (secondary N) is 1. The van der Waals surface area contributed by atoms with Crippen LogP contribution in [0.5, 0.6) is 11.5 Å². The number of methoxy groups -OCH3 is 1. The number of aliphatic hydroxyl groups excluding tert-OH is 1. The molecular weight excluding hydrogens is 230 g/mol. The summed E-state index contributed by atoms with van der Waals surface area (Å²) in [7, 11) is 1.65. The number of hydrogen-bond acceptors (Lipinski definition) is 4. The molecule has 0 bridgehead atoms. The van der Waals surface area contributed by atoms with Gasteiger partial charge in [0.1, 0.15) is 0 Å². The van der Waals surface area contributed by atoms with E-state index in [0.29, 0.717) is 6.61 Å². The maximum atomic E-state index is 8.73. The van der Waals surface area contributed by atoms with E-state index in [4.69, 9.17) is 14.6 Å². The molecule has 0 heterocycles. The third-order valence-electron chi connectivity index (χ3n) is 2.56. The highest BCUT2D eigenvalue weighted by Gasteiger charge is 2.09. The van der Waals surface area contributed by atoms with Crippen molar-refractivity contribution in [1.29, 1.82) is 0 Å². The van der Waals surface area contributed by atoms with Crippen LogP contribution >= 0.6 is 0 Å². The predicted octanol–water partition coefficient (Wildman–Crippen LogP) is 1.96. The summed E-state index contributed by atoms with van der Waals surface area (Å²) in [5.74, 6) is 1.59. The van der Waals surface area contributed by atoms with E-state index in [1.165, 1.54) is 0 Å². The van der Waals surface area contributed by atoms with Crippen molar-refractivity contribution in [1.82, 2.24) is 5.32 Å². The van der Waals surface area contributed by atoms with Crippen LogP contribution in [0.15, 0.2) is 18.2 Å². The van der Waals surface area contributed by atoms with E-state index < -0.39 is 0 Å². The Morgan fingerprint density at radius 3 is 2.83 bits per heavy atom. The van der Waals surface area contributed by atoms with Crippen LogP contribution in [-0.2, 0) is 6.54 Å². The Morgan fingerprint density at radius 2 is 2.17 bits per heavy atom. The van der Waals surface area contributed by atoms with Crippen LogP contribution in [0.2, 0.25) is 0 Å². The zero-order valence-corrected chi connectivity index (χ0v) is 11.2. The second-order valence-electron chi connectivity index (χ2n) is 4.05. The van der Waals surface area contributed by atoms with Crippen molar-refractivity contribution >= 4 is 0 Å². The summed E-state index contributed by atoms with van der Waals surface area (Å²) < 4.78 is 11.1. The molecule has 0 unspecified atom stereocenters. The van der Waals surface area contributed by atoms with E-state index in [2.05, 4.69) is 12.2 Å². The summed E-state index contributed by atoms with van der Waals surface area (Å²) in [5, 5.41) is 12.0. The van der Waals surface area contributed by atoms with Gasteiger partial charge in [-0.1, -0.05) is 19.1 Å². The van der Waals surface area contributed by atoms with Gasteiger partial charge in [-0.05, 0) is 25.5 Å². The topological polar surface area (TPSA) is 50.7 Å². The maximum absolute atomic E-state index is 8.73. The van der Waals surface area contributed by atoms with Crippen LogP contribution in [0, 0.1) is 0 Å². The molecule has 0 fully saturated rings. The van der Waals surface area contributed by atoms with Crippen molar-refractivity contribution in [2.75, 3.05) is 26.9 Å². The van der Waals surface area contributed by atoms with Gasteiger partial charge in [-0.25, -0.2) is 0 Å². The summed E-state index contributed by atoms with van der Waals surface area (Å²) in [6, 6.07) is 5.89. The summed E-state index contributed by atoms with van der Waals surface area (Å²) in [6.07, 6.45) is 1.73. The number of hydrogen-bond donors (Lipinski definition) is 2. The molecule has 0 aliphatic heterocycles. The monoisotopic (exact) mass is 253 g/mol. The summed E-state index contributed by atoms with van der Waals surface area (Å²) in [4.78, 5) is 0. The molecular formula is C14H23NO3. The number of rotatable bonds is 9. The molecule has 0 atom stereocenters. The van der Waals surface area contributed by atoms with E-state index in [-0.39, 0.29) is 6.61 Å². The van der Waals surface area contributed by atoms with Gasteiger partial charge >= 0.3 is 0 Å². The first-order chi connectivity index (χ1) is 8.83. The molecule has 0 aliphatic rings. The molecule has 0 amide bonds. The highest BCUT2D eigenvalue weighted by atomic mass is 16.5. The molecule has 0 spiro atoms. The fraction of sp³-hybridized carbons (Fsp3) is 0.571. The molecule has 0 saturated heterocycles. The lowest BCUT2D eigenvalue weighted by Gasteiger charge is -2.15. The van der Waals surface area contributed by atoms with Crippen LogP contribution in [0.1, 0.15) is 25.3 Å². The molecule has 1 aromatic carbocycles. The van der Waals surface area contributed by atoms with Crippen LogP contribution in [0.4, 0.5) is 0 Å². The van der Waals surface area contributed by atoms with Gasteiger partial charge in [0.25, 0.3) is 0 Å². The van der Waals surface area contributed by atoms with Crippen molar-refractivity contribution in [2.24, 2.45) is 0 Å². The molecule has 4 nitrogen and oxygen atoms in total. The largest absolute Gasteiger partial charge is 0.493 e. The van der Waals surface area contributed by atoms with E-state index in [1.54, 1.807) is 7.11 Å². The summed E-state index contributed by atoms with van der Waals surface area (Å²) >= 11 is 0. The zero-order chi connectivity index (χ0) is 13.2. The molecule has 0 aliphatic carbocycles. The quantitative estimate of drug-likeness (QED) is 0.661. The van der Waals surface area contributed by atoms with Gasteiger partial charge in [0.05, 0.1) is 13.7 Å². The molecule has 102 valence electrons. The standard InChI is InChI=1S/C14H23NO3/c1-3-10-18-14-12(11-15-8-5-9-16)6-4-7-13(14)17-2/h4,6-7,15-16H,3,5,8-11H2,1-2H3. The first kappa shape index (κ1) is 14.8. The minimum absolute atomic E-state index is 0.213. The third kappa shape index (κ3) is 4.55. The molecule has 2 N–H and O–H groups in total. The number of ether oxygens (including phenoxy) is 2. The molecule has 0 saturated carbocycles. The van der Waals surface area contributed by atoms with Gasteiger partial charge in [-0.3, -0.25) is 0 Å². The van der Waals surface area contributed by atoms with Crippen molar-refractivity contribution < 1.29 is 14.6 Å². The average Bonchev–Trinajstić information content (AvgIpc) is 2.41. The number of aliphatic hydroxyl groups is 1. The van der Waals surface area contributed by atoms with E-state index in [9.17, 15) is 0 Å². The number of benzene rings is 1.